The van der Waals surface area contributed by atoms with Gasteiger partial charge in [0.25, 0.3) is 0 Å². The van der Waals surface area contributed by atoms with Gasteiger partial charge < -0.3 is 9.80 Å². The van der Waals surface area contributed by atoms with Crippen LogP contribution in [-0.4, -0.2) is 45.4 Å². The van der Waals surface area contributed by atoms with E-state index in [4.69, 9.17) is 5.14 Å². The Hall–Kier alpha value is -2.11. The van der Waals surface area contributed by atoms with Gasteiger partial charge in [-0.2, -0.15) is 5.26 Å². The highest BCUT2D eigenvalue weighted by Gasteiger charge is 2.55. The number of amides is 1. The number of sulfonamides is 1. The summed E-state index contributed by atoms with van der Waals surface area (Å²) in [6.07, 6.45) is 7.20. The number of hydrogen-bond donors (Lipinski definition) is 1. The minimum atomic E-state index is -3.85. The van der Waals surface area contributed by atoms with Crippen LogP contribution in [0.1, 0.15) is 44.1 Å². The van der Waals surface area contributed by atoms with Crippen LogP contribution in [0.5, 0.6) is 0 Å². The Kier molecular flexibility index (Phi) is 4.60. The first-order valence-electron chi connectivity index (χ1n) is 10.9. The van der Waals surface area contributed by atoms with Crippen molar-refractivity contribution in [3.8, 4) is 6.07 Å². The van der Waals surface area contributed by atoms with Crippen LogP contribution in [0, 0.1) is 34.5 Å². The standard InChI is InChI=1S/C22H28N4O3S/c23-14-18-10-19(30(24,28)29)1-2-20(18)25-3-5-26(6-4-25)21(27)22-11-15-7-16(12-22)9-17(8-15)13-22/h1-2,10,15-17H,3-9,11-13H2,(H2,24,28,29). The van der Waals surface area contributed by atoms with Crippen LogP contribution in [0.15, 0.2) is 23.1 Å². The molecule has 2 N–H and O–H groups in total. The van der Waals surface area contributed by atoms with Crippen molar-refractivity contribution in [1.29, 1.82) is 5.26 Å². The van der Waals surface area contributed by atoms with Crippen molar-refractivity contribution in [2.45, 2.75) is 43.4 Å². The van der Waals surface area contributed by atoms with Gasteiger partial charge in [0.05, 0.1) is 21.6 Å². The summed E-state index contributed by atoms with van der Waals surface area (Å²) in [5.74, 6) is 2.59. The number of nitriles is 1. The monoisotopic (exact) mass is 428 g/mol. The maximum atomic E-state index is 13.5. The molecule has 0 atom stereocenters. The summed E-state index contributed by atoms with van der Waals surface area (Å²) in [6.45, 7) is 2.56. The summed E-state index contributed by atoms with van der Waals surface area (Å²) < 4.78 is 23.2. The third-order valence-electron chi connectivity index (χ3n) is 7.82. The van der Waals surface area contributed by atoms with Gasteiger partial charge in [-0.05, 0) is 74.5 Å². The van der Waals surface area contributed by atoms with Gasteiger partial charge in [-0.1, -0.05) is 0 Å². The van der Waals surface area contributed by atoms with Gasteiger partial charge in [0, 0.05) is 26.2 Å². The molecule has 4 saturated carbocycles. The first-order valence-corrected chi connectivity index (χ1v) is 12.4. The molecule has 1 aromatic rings. The third-order valence-corrected chi connectivity index (χ3v) is 8.73. The first-order chi connectivity index (χ1) is 14.3. The number of anilines is 1. The molecule has 6 rings (SSSR count). The van der Waals surface area contributed by atoms with Crippen molar-refractivity contribution in [3.05, 3.63) is 23.8 Å². The molecule has 1 heterocycles. The zero-order valence-corrected chi connectivity index (χ0v) is 17.9. The van der Waals surface area contributed by atoms with Crippen molar-refractivity contribution in [2.75, 3.05) is 31.1 Å². The SMILES string of the molecule is N#Cc1cc(S(N)(=O)=O)ccc1N1CCN(C(=O)C23CC4CC(CC(C4)C2)C3)CC1. The second kappa shape index (κ2) is 6.96. The zero-order valence-electron chi connectivity index (χ0n) is 17.1. The molecule has 5 aliphatic rings. The molecule has 8 heteroatoms. The molecule has 4 aliphatic carbocycles. The number of rotatable bonds is 3. The lowest BCUT2D eigenvalue weighted by Gasteiger charge is -2.57. The minimum absolute atomic E-state index is 0.0570. The molecule has 0 radical (unpaired) electrons. The maximum absolute atomic E-state index is 13.5. The smallest absolute Gasteiger partial charge is 0.238 e. The fraction of sp³-hybridized carbons (Fsp3) is 0.636. The first kappa shape index (κ1) is 19.8. The molecule has 160 valence electrons. The van der Waals surface area contributed by atoms with Gasteiger partial charge in [0.15, 0.2) is 0 Å². The van der Waals surface area contributed by atoms with Crippen LogP contribution >= 0.6 is 0 Å². The molecule has 1 amide bonds. The van der Waals surface area contributed by atoms with E-state index in [1.807, 2.05) is 4.90 Å². The number of piperazine rings is 1. The predicted octanol–water partition coefficient (Wildman–Crippen LogP) is 2.07. The Balaban J connectivity index is 1.29. The van der Waals surface area contributed by atoms with Crippen molar-refractivity contribution < 1.29 is 13.2 Å². The lowest BCUT2D eigenvalue weighted by atomic mass is 9.49. The third kappa shape index (κ3) is 3.28. The van der Waals surface area contributed by atoms with E-state index in [-0.39, 0.29) is 10.3 Å². The van der Waals surface area contributed by atoms with Gasteiger partial charge in [0.1, 0.15) is 6.07 Å². The summed E-state index contributed by atoms with van der Waals surface area (Å²) in [4.78, 5) is 17.6. The molecular formula is C22H28N4O3S. The molecule has 7 nitrogen and oxygen atoms in total. The van der Waals surface area contributed by atoms with Gasteiger partial charge in [-0.3, -0.25) is 4.79 Å². The number of hydrogen-bond acceptors (Lipinski definition) is 5. The topological polar surface area (TPSA) is 107 Å². The highest BCUT2D eigenvalue weighted by molar-refractivity contribution is 7.89. The van der Waals surface area contributed by atoms with E-state index in [0.29, 0.717) is 43.3 Å². The largest absolute Gasteiger partial charge is 0.367 e. The van der Waals surface area contributed by atoms with Crippen LogP contribution in [0.2, 0.25) is 0 Å². The van der Waals surface area contributed by atoms with Crippen LogP contribution < -0.4 is 10.0 Å². The summed E-state index contributed by atoms with van der Waals surface area (Å²) in [7, 11) is -3.85. The Morgan fingerprint density at radius 2 is 1.60 bits per heavy atom. The lowest BCUT2D eigenvalue weighted by Crippen LogP contribution is -2.58. The fourth-order valence-corrected chi connectivity index (χ4v) is 7.46. The van der Waals surface area contributed by atoms with Crippen molar-refractivity contribution >= 4 is 21.6 Å². The maximum Gasteiger partial charge on any atom is 0.238 e. The van der Waals surface area contributed by atoms with Gasteiger partial charge in [0.2, 0.25) is 15.9 Å². The van der Waals surface area contributed by atoms with E-state index in [0.717, 1.165) is 37.0 Å². The normalized spacial score (nSPS) is 32.9. The number of primary sulfonamides is 1. The summed E-state index contributed by atoms with van der Waals surface area (Å²) in [6, 6.07) is 6.51. The second-order valence-electron chi connectivity index (χ2n) is 9.81. The average molecular weight is 429 g/mol. The Labute approximate surface area is 177 Å². The Bertz CT molecular complexity index is 986. The number of nitrogens with zero attached hydrogens (tertiary/aromatic N) is 3. The molecule has 4 bridgehead atoms. The number of carbonyl (C=O) groups is 1. The van der Waals surface area contributed by atoms with Crippen LogP contribution in [0.3, 0.4) is 0 Å². The molecule has 5 fully saturated rings. The molecule has 1 aromatic carbocycles. The fourth-order valence-electron chi connectivity index (χ4n) is 6.92. The van der Waals surface area contributed by atoms with E-state index in [2.05, 4.69) is 11.0 Å². The van der Waals surface area contributed by atoms with Crippen molar-refractivity contribution in [2.24, 2.45) is 28.3 Å². The Morgan fingerprint density at radius 3 is 2.10 bits per heavy atom. The number of carbonyl (C=O) groups excluding carboxylic acids is 1. The molecule has 0 spiro atoms. The molecule has 1 aliphatic heterocycles. The average Bonchev–Trinajstić information content (AvgIpc) is 2.71. The van der Waals surface area contributed by atoms with Crippen LogP contribution in [0.25, 0.3) is 0 Å². The lowest BCUT2D eigenvalue weighted by molar-refractivity contribution is -0.158. The molecule has 0 unspecified atom stereocenters. The molecule has 30 heavy (non-hydrogen) atoms. The number of nitrogens with two attached hydrogens (primary N) is 1. The predicted molar refractivity (Wildman–Crippen MR) is 112 cm³/mol. The van der Waals surface area contributed by atoms with E-state index >= 15 is 0 Å². The molecular weight excluding hydrogens is 400 g/mol. The van der Waals surface area contributed by atoms with Crippen LogP contribution in [0.4, 0.5) is 5.69 Å². The van der Waals surface area contributed by atoms with Gasteiger partial charge >= 0.3 is 0 Å². The van der Waals surface area contributed by atoms with Gasteiger partial charge in [-0.15, -0.1) is 0 Å². The summed E-state index contributed by atoms with van der Waals surface area (Å²) >= 11 is 0. The molecule has 1 saturated heterocycles. The van der Waals surface area contributed by atoms with Gasteiger partial charge in [-0.25, -0.2) is 13.6 Å². The molecule has 0 aromatic heterocycles. The quantitative estimate of drug-likeness (QED) is 0.793. The minimum Gasteiger partial charge on any atom is -0.367 e. The highest BCUT2D eigenvalue weighted by atomic mass is 32.2. The van der Waals surface area contributed by atoms with Crippen molar-refractivity contribution in [1.82, 2.24) is 4.90 Å². The number of benzene rings is 1. The summed E-state index contributed by atoms with van der Waals surface area (Å²) in [5.41, 5.74) is 0.875. The summed E-state index contributed by atoms with van der Waals surface area (Å²) in [5, 5.41) is 14.7. The second-order valence-corrected chi connectivity index (χ2v) is 11.4. The van der Waals surface area contributed by atoms with Crippen LogP contribution in [-0.2, 0) is 14.8 Å². The highest BCUT2D eigenvalue weighted by Crippen LogP contribution is 2.60. The van der Waals surface area contributed by atoms with Crippen molar-refractivity contribution in [3.63, 3.8) is 0 Å². The Morgan fingerprint density at radius 1 is 1.03 bits per heavy atom. The van der Waals surface area contributed by atoms with E-state index in [1.54, 1.807) is 6.07 Å². The zero-order chi connectivity index (χ0) is 21.1. The van der Waals surface area contributed by atoms with E-state index in [1.165, 1.54) is 31.4 Å². The van der Waals surface area contributed by atoms with E-state index in [9.17, 15) is 18.5 Å². The van der Waals surface area contributed by atoms with E-state index < -0.39 is 10.0 Å².